The summed E-state index contributed by atoms with van der Waals surface area (Å²) < 4.78 is 27.7. The van der Waals surface area contributed by atoms with Gasteiger partial charge in [-0.1, -0.05) is 12.8 Å². The number of amides is 1. The summed E-state index contributed by atoms with van der Waals surface area (Å²) in [4.78, 5) is 14.4. The highest BCUT2D eigenvalue weighted by Gasteiger charge is 2.40. The molecule has 1 amide bonds. The van der Waals surface area contributed by atoms with Crippen LogP contribution in [-0.2, 0) is 17.8 Å². The molecular formula is C17H23ClF2N2O. The number of nitrogens with two attached hydrogens (primary N) is 1. The molecule has 3 nitrogen and oxygen atoms in total. The maximum absolute atomic E-state index is 14.0. The van der Waals surface area contributed by atoms with Crippen molar-refractivity contribution in [2.45, 2.75) is 51.1 Å². The molecule has 6 heteroatoms. The number of rotatable bonds is 1. The van der Waals surface area contributed by atoms with E-state index >= 15 is 0 Å². The number of nitrogens with zero attached hydrogens (tertiary/aromatic N) is 1. The van der Waals surface area contributed by atoms with Gasteiger partial charge in [0.25, 0.3) is 0 Å². The van der Waals surface area contributed by atoms with Crippen LogP contribution >= 0.6 is 12.4 Å². The van der Waals surface area contributed by atoms with Crippen molar-refractivity contribution in [3.05, 3.63) is 34.9 Å². The average Bonchev–Trinajstić information content (AvgIpc) is 2.50. The monoisotopic (exact) mass is 344 g/mol. The third kappa shape index (κ3) is 3.36. The van der Waals surface area contributed by atoms with Crippen LogP contribution in [0.25, 0.3) is 0 Å². The van der Waals surface area contributed by atoms with E-state index < -0.39 is 11.4 Å². The number of carbonyl (C=O) groups is 1. The molecule has 0 radical (unpaired) electrons. The van der Waals surface area contributed by atoms with Gasteiger partial charge < -0.3 is 10.6 Å². The number of carbonyl (C=O) groups excluding carboxylic acids is 1. The van der Waals surface area contributed by atoms with Gasteiger partial charge in [-0.15, -0.1) is 12.4 Å². The van der Waals surface area contributed by atoms with Crippen LogP contribution < -0.4 is 5.73 Å². The SMILES string of the molecule is CC1(N)CCCCC1C(=O)N1CCc2c(F)ccc(F)c2C1.Cl. The van der Waals surface area contributed by atoms with Gasteiger partial charge in [0.2, 0.25) is 5.91 Å². The van der Waals surface area contributed by atoms with Crippen molar-refractivity contribution < 1.29 is 13.6 Å². The highest BCUT2D eigenvalue weighted by molar-refractivity contribution is 5.85. The average molecular weight is 345 g/mol. The molecule has 0 bridgehead atoms. The molecule has 1 aliphatic heterocycles. The zero-order valence-corrected chi connectivity index (χ0v) is 14.1. The number of halogens is 3. The van der Waals surface area contributed by atoms with E-state index in [0.717, 1.165) is 37.8 Å². The maximum Gasteiger partial charge on any atom is 0.227 e. The Morgan fingerprint density at radius 3 is 2.57 bits per heavy atom. The van der Waals surface area contributed by atoms with E-state index in [9.17, 15) is 13.6 Å². The number of fused-ring (bicyclic) bond motifs is 1. The van der Waals surface area contributed by atoms with E-state index in [1.54, 1.807) is 4.90 Å². The summed E-state index contributed by atoms with van der Waals surface area (Å²) in [6.07, 6.45) is 4.01. The molecule has 2 N–H and O–H groups in total. The summed E-state index contributed by atoms with van der Waals surface area (Å²) in [5, 5.41) is 0. The third-order valence-electron chi connectivity index (χ3n) is 5.16. The molecule has 1 fully saturated rings. The van der Waals surface area contributed by atoms with Crippen LogP contribution in [0, 0.1) is 17.6 Å². The first kappa shape index (κ1) is 18.1. The van der Waals surface area contributed by atoms with Crippen molar-refractivity contribution in [2.75, 3.05) is 6.54 Å². The number of benzene rings is 1. The van der Waals surface area contributed by atoms with Gasteiger partial charge in [0.05, 0.1) is 5.92 Å². The van der Waals surface area contributed by atoms with Crippen molar-refractivity contribution in [1.82, 2.24) is 4.90 Å². The van der Waals surface area contributed by atoms with Crippen LogP contribution in [-0.4, -0.2) is 22.9 Å². The van der Waals surface area contributed by atoms with Crippen LogP contribution in [0.5, 0.6) is 0 Å². The van der Waals surface area contributed by atoms with Crippen LogP contribution in [0.1, 0.15) is 43.7 Å². The predicted octanol–water partition coefficient (Wildman–Crippen LogP) is 3.18. The standard InChI is InChI=1S/C17H22F2N2O.ClH/c1-17(20)8-3-2-4-13(17)16(22)21-9-7-11-12(10-21)15(19)6-5-14(11)18;/h5-6,13H,2-4,7-10,20H2,1H3;1H. The minimum Gasteiger partial charge on any atom is -0.338 e. The Labute approximate surface area is 141 Å². The fraction of sp³-hybridized carbons (Fsp3) is 0.588. The first-order valence-corrected chi connectivity index (χ1v) is 7.93. The highest BCUT2D eigenvalue weighted by atomic mass is 35.5. The molecule has 3 rings (SSSR count). The molecule has 2 aliphatic rings. The van der Waals surface area contributed by atoms with E-state index in [1.165, 1.54) is 0 Å². The second-order valence-electron chi connectivity index (χ2n) is 6.80. The van der Waals surface area contributed by atoms with Crippen LogP contribution in [0.2, 0.25) is 0 Å². The van der Waals surface area contributed by atoms with Crippen molar-refractivity contribution >= 4 is 18.3 Å². The molecule has 1 aromatic rings. The molecule has 2 unspecified atom stereocenters. The van der Waals surface area contributed by atoms with Crippen LogP contribution in [0.3, 0.4) is 0 Å². The molecule has 23 heavy (non-hydrogen) atoms. The molecule has 1 heterocycles. The Morgan fingerprint density at radius 1 is 1.26 bits per heavy atom. The van der Waals surface area contributed by atoms with Gasteiger partial charge in [0.1, 0.15) is 11.6 Å². The molecule has 128 valence electrons. The first-order valence-electron chi connectivity index (χ1n) is 7.93. The zero-order chi connectivity index (χ0) is 15.9. The summed E-state index contributed by atoms with van der Waals surface area (Å²) in [5.41, 5.74) is 6.51. The lowest BCUT2D eigenvalue weighted by atomic mass is 9.73. The maximum atomic E-state index is 14.0. The fourth-order valence-electron chi connectivity index (χ4n) is 3.77. The van der Waals surface area contributed by atoms with E-state index in [1.807, 2.05) is 6.92 Å². The van der Waals surface area contributed by atoms with Crippen LogP contribution in [0.15, 0.2) is 12.1 Å². The van der Waals surface area contributed by atoms with Gasteiger partial charge in [-0.25, -0.2) is 8.78 Å². The van der Waals surface area contributed by atoms with E-state index in [4.69, 9.17) is 5.73 Å². The van der Waals surface area contributed by atoms with E-state index in [2.05, 4.69) is 0 Å². The second kappa shape index (κ2) is 6.73. The van der Waals surface area contributed by atoms with Gasteiger partial charge in [0, 0.05) is 24.2 Å². The lowest BCUT2D eigenvalue weighted by molar-refractivity contribution is -0.140. The van der Waals surface area contributed by atoms with Crippen molar-refractivity contribution in [3.8, 4) is 0 Å². The van der Waals surface area contributed by atoms with Gasteiger partial charge in [-0.2, -0.15) is 0 Å². The largest absolute Gasteiger partial charge is 0.338 e. The topological polar surface area (TPSA) is 46.3 Å². The Bertz CT molecular complexity index is 607. The van der Waals surface area contributed by atoms with E-state index in [-0.39, 0.29) is 36.6 Å². The Kier molecular flexibility index (Phi) is 5.31. The molecule has 2 atom stereocenters. The predicted molar refractivity (Wildman–Crippen MR) is 87.3 cm³/mol. The number of hydrogen-bond donors (Lipinski definition) is 1. The molecule has 0 saturated heterocycles. The van der Waals surface area contributed by atoms with Crippen LogP contribution in [0.4, 0.5) is 8.78 Å². The lowest BCUT2D eigenvalue weighted by Gasteiger charge is -2.41. The molecule has 0 aromatic heterocycles. The summed E-state index contributed by atoms with van der Waals surface area (Å²) in [7, 11) is 0. The van der Waals surface area contributed by atoms with Gasteiger partial charge in [-0.3, -0.25) is 4.79 Å². The summed E-state index contributed by atoms with van der Waals surface area (Å²) in [6.45, 7) is 2.50. The molecule has 1 saturated carbocycles. The third-order valence-corrected chi connectivity index (χ3v) is 5.16. The molecular weight excluding hydrogens is 322 g/mol. The summed E-state index contributed by atoms with van der Waals surface area (Å²) in [6, 6.07) is 2.29. The Hall–Kier alpha value is -1.20. The summed E-state index contributed by atoms with van der Waals surface area (Å²) in [5.74, 6) is -1.06. The zero-order valence-electron chi connectivity index (χ0n) is 13.3. The number of hydrogen-bond acceptors (Lipinski definition) is 2. The minimum absolute atomic E-state index is 0. The van der Waals surface area contributed by atoms with Gasteiger partial charge in [0.15, 0.2) is 0 Å². The first-order chi connectivity index (χ1) is 10.4. The quantitative estimate of drug-likeness (QED) is 0.850. The minimum atomic E-state index is -0.504. The Balaban J connectivity index is 0.00000192. The van der Waals surface area contributed by atoms with Crippen molar-refractivity contribution in [2.24, 2.45) is 11.7 Å². The molecule has 1 aromatic carbocycles. The van der Waals surface area contributed by atoms with E-state index in [0.29, 0.717) is 24.1 Å². The summed E-state index contributed by atoms with van der Waals surface area (Å²) >= 11 is 0. The Morgan fingerprint density at radius 2 is 1.91 bits per heavy atom. The van der Waals surface area contributed by atoms with Gasteiger partial charge >= 0.3 is 0 Å². The normalized spacial score (nSPS) is 27.1. The smallest absolute Gasteiger partial charge is 0.227 e. The highest BCUT2D eigenvalue weighted by Crippen LogP contribution is 2.34. The molecule has 0 spiro atoms. The lowest BCUT2D eigenvalue weighted by Crippen LogP contribution is -2.54. The fourth-order valence-corrected chi connectivity index (χ4v) is 3.77. The molecule has 1 aliphatic carbocycles. The van der Waals surface area contributed by atoms with Crippen molar-refractivity contribution in [1.29, 1.82) is 0 Å². The second-order valence-corrected chi connectivity index (χ2v) is 6.80. The van der Waals surface area contributed by atoms with Gasteiger partial charge in [-0.05, 0) is 43.9 Å². The van der Waals surface area contributed by atoms with Crippen molar-refractivity contribution in [3.63, 3.8) is 0 Å².